The number of nitrogens with zero attached hydrogens (tertiary/aromatic N) is 2. The molecule has 56 valence electrons. The molecule has 0 aromatic heterocycles. The second-order valence-electron chi connectivity index (χ2n) is 2.77. The summed E-state index contributed by atoms with van der Waals surface area (Å²) in [6.07, 6.45) is 3.93. The fourth-order valence-electron chi connectivity index (χ4n) is 0.737. The van der Waals surface area contributed by atoms with E-state index in [-0.39, 0.29) is 3.42 Å². The number of hydrogen-bond donors (Lipinski definition) is 0. The molecule has 0 aromatic rings. The van der Waals surface area contributed by atoms with Crippen LogP contribution in [0.5, 0.6) is 0 Å². The van der Waals surface area contributed by atoms with E-state index in [9.17, 15) is 0 Å². The van der Waals surface area contributed by atoms with Gasteiger partial charge in [-0.2, -0.15) is 0 Å². The van der Waals surface area contributed by atoms with Gasteiger partial charge in [0.2, 0.25) is 0 Å². The fraction of sp³-hybridized carbons (Fsp3) is 0.714. The standard InChI is InChI=1S/C7H11IN2/c1-6-3-9-4-7(2,8)5-10-6/h4-6H,3H2,1-2H3. The lowest BCUT2D eigenvalue weighted by Crippen LogP contribution is -2.18. The van der Waals surface area contributed by atoms with Crippen LogP contribution in [-0.2, 0) is 0 Å². The van der Waals surface area contributed by atoms with Crippen LogP contribution in [-0.4, -0.2) is 28.4 Å². The summed E-state index contributed by atoms with van der Waals surface area (Å²) in [6.45, 7) is 5.00. The van der Waals surface area contributed by atoms with Gasteiger partial charge in [0.25, 0.3) is 0 Å². The van der Waals surface area contributed by atoms with Gasteiger partial charge in [0.15, 0.2) is 0 Å². The average molecular weight is 250 g/mol. The van der Waals surface area contributed by atoms with Crippen molar-refractivity contribution >= 4 is 35.0 Å². The van der Waals surface area contributed by atoms with Crippen LogP contribution in [0.25, 0.3) is 0 Å². The van der Waals surface area contributed by atoms with Crippen molar-refractivity contribution in [2.75, 3.05) is 6.54 Å². The smallest absolute Gasteiger partial charge is 0.0885 e. The zero-order valence-electron chi connectivity index (χ0n) is 6.21. The van der Waals surface area contributed by atoms with Gasteiger partial charge in [-0.15, -0.1) is 0 Å². The molecule has 1 rings (SSSR count). The highest BCUT2D eigenvalue weighted by Crippen LogP contribution is 2.14. The van der Waals surface area contributed by atoms with E-state index < -0.39 is 0 Å². The molecule has 2 unspecified atom stereocenters. The van der Waals surface area contributed by atoms with Gasteiger partial charge in [-0.05, 0) is 13.8 Å². The van der Waals surface area contributed by atoms with Crippen molar-refractivity contribution < 1.29 is 0 Å². The summed E-state index contributed by atoms with van der Waals surface area (Å²) >= 11 is 2.33. The number of hydrogen-bond acceptors (Lipinski definition) is 2. The lowest BCUT2D eigenvalue weighted by Gasteiger charge is -2.06. The molecular weight excluding hydrogens is 239 g/mol. The molecule has 0 saturated heterocycles. The zero-order valence-corrected chi connectivity index (χ0v) is 8.37. The van der Waals surface area contributed by atoms with E-state index in [1.807, 2.05) is 12.4 Å². The zero-order chi connectivity index (χ0) is 7.61. The summed E-state index contributed by atoms with van der Waals surface area (Å²) < 4.78 is 0.0303. The van der Waals surface area contributed by atoms with Crippen molar-refractivity contribution in [2.45, 2.75) is 23.3 Å². The van der Waals surface area contributed by atoms with Gasteiger partial charge in [0, 0.05) is 12.4 Å². The van der Waals surface area contributed by atoms with Crippen LogP contribution in [0.1, 0.15) is 13.8 Å². The Hall–Kier alpha value is 0.0700. The molecule has 0 aromatic carbocycles. The average Bonchev–Trinajstić information content (AvgIpc) is 1.94. The van der Waals surface area contributed by atoms with Crippen molar-refractivity contribution in [3.63, 3.8) is 0 Å². The molecule has 1 aliphatic heterocycles. The first-order valence-electron chi connectivity index (χ1n) is 3.34. The van der Waals surface area contributed by atoms with Crippen LogP contribution in [0.3, 0.4) is 0 Å². The largest absolute Gasteiger partial charge is 0.294 e. The van der Waals surface area contributed by atoms with Crippen molar-refractivity contribution in [3.8, 4) is 0 Å². The van der Waals surface area contributed by atoms with Gasteiger partial charge in [0.1, 0.15) is 0 Å². The van der Waals surface area contributed by atoms with Crippen LogP contribution < -0.4 is 0 Å². The highest BCUT2D eigenvalue weighted by molar-refractivity contribution is 14.1. The Bertz CT molecular complexity index is 172. The van der Waals surface area contributed by atoms with Crippen molar-refractivity contribution in [1.82, 2.24) is 0 Å². The van der Waals surface area contributed by atoms with E-state index in [1.54, 1.807) is 0 Å². The van der Waals surface area contributed by atoms with Gasteiger partial charge in [-0.25, -0.2) is 0 Å². The highest BCUT2D eigenvalue weighted by atomic mass is 127. The second kappa shape index (κ2) is 2.98. The second-order valence-corrected chi connectivity index (χ2v) is 5.10. The molecule has 1 heterocycles. The van der Waals surface area contributed by atoms with Crippen LogP contribution in [0.4, 0.5) is 0 Å². The minimum absolute atomic E-state index is 0.0303. The Kier molecular flexibility index (Phi) is 2.44. The fourth-order valence-corrected chi connectivity index (χ4v) is 1.09. The molecule has 10 heavy (non-hydrogen) atoms. The lowest BCUT2D eigenvalue weighted by atomic mass is 10.2. The normalized spacial score (nSPS) is 39.7. The molecule has 0 saturated carbocycles. The summed E-state index contributed by atoms with van der Waals surface area (Å²) in [4.78, 5) is 8.57. The highest BCUT2D eigenvalue weighted by Gasteiger charge is 2.16. The van der Waals surface area contributed by atoms with Crippen LogP contribution >= 0.6 is 22.6 Å². The minimum Gasteiger partial charge on any atom is -0.294 e. The van der Waals surface area contributed by atoms with Gasteiger partial charge in [0.05, 0.1) is 16.0 Å². The third-order valence-electron chi connectivity index (χ3n) is 1.29. The van der Waals surface area contributed by atoms with Crippen molar-refractivity contribution in [2.24, 2.45) is 9.98 Å². The molecular formula is C7H11IN2. The molecule has 0 aliphatic carbocycles. The van der Waals surface area contributed by atoms with E-state index in [2.05, 4.69) is 46.4 Å². The maximum absolute atomic E-state index is 4.32. The van der Waals surface area contributed by atoms with Crippen LogP contribution in [0.2, 0.25) is 0 Å². The Morgan fingerprint density at radius 3 is 3.00 bits per heavy atom. The molecule has 0 bridgehead atoms. The number of alkyl halides is 1. The minimum atomic E-state index is 0.0303. The third kappa shape index (κ3) is 2.36. The van der Waals surface area contributed by atoms with Crippen LogP contribution in [0, 0.1) is 0 Å². The van der Waals surface area contributed by atoms with E-state index in [4.69, 9.17) is 0 Å². The van der Waals surface area contributed by atoms with E-state index in [1.165, 1.54) is 0 Å². The molecule has 3 heteroatoms. The molecule has 0 fully saturated rings. The maximum atomic E-state index is 4.32. The third-order valence-corrected chi connectivity index (χ3v) is 1.85. The number of aliphatic imine (C=N–C) groups is 2. The molecule has 0 amide bonds. The lowest BCUT2D eigenvalue weighted by molar-refractivity contribution is 0.765. The van der Waals surface area contributed by atoms with Gasteiger partial charge in [-0.3, -0.25) is 9.98 Å². The number of rotatable bonds is 0. The Labute approximate surface area is 75.0 Å². The molecule has 2 atom stereocenters. The van der Waals surface area contributed by atoms with E-state index in [0.29, 0.717) is 6.04 Å². The summed E-state index contributed by atoms with van der Waals surface area (Å²) in [5, 5.41) is 0. The molecule has 1 aliphatic rings. The molecule has 0 radical (unpaired) electrons. The predicted octanol–water partition coefficient (Wildman–Crippen LogP) is 1.72. The summed E-state index contributed by atoms with van der Waals surface area (Å²) in [6, 6.07) is 0.354. The van der Waals surface area contributed by atoms with Crippen molar-refractivity contribution in [3.05, 3.63) is 0 Å². The van der Waals surface area contributed by atoms with Gasteiger partial charge < -0.3 is 0 Å². The molecule has 0 N–H and O–H groups in total. The van der Waals surface area contributed by atoms with E-state index in [0.717, 1.165) is 6.54 Å². The topological polar surface area (TPSA) is 24.7 Å². The summed E-state index contributed by atoms with van der Waals surface area (Å²) in [5.41, 5.74) is 0. The first-order valence-corrected chi connectivity index (χ1v) is 4.42. The summed E-state index contributed by atoms with van der Waals surface area (Å²) in [5.74, 6) is 0. The quantitative estimate of drug-likeness (QED) is 0.462. The molecule has 0 spiro atoms. The van der Waals surface area contributed by atoms with E-state index >= 15 is 0 Å². The SMILES string of the molecule is CC1CN=CC(C)(I)C=N1. The van der Waals surface area contributed by atoms with Gasteiger partial charge >= 0.3 is 0 Å². The molecule has 2 nitrogen and oxygen atoms in total. The maximum Gasteiger partial charge on any atom is 0.0885 e. The van der Waals surface area contributed by atoms with Gasteiger partial charge in [-0.1, -0.05) is 22.6 Å². The first-order chi connectivity index (χ1) is 4.60. The number of halogens is 1. The summed E-state index contributed by atoms with van der Waals surface area (Å²) in [7, 11) is 0. The first kappa shape index (κ1) is 8.17. The Morgan fingerprint density at radius 1 is 1.60 bits per heavy atom. The monoisotopic (exact) mass is 250 g/mol. The predicted molar refractivity (Wildman–Crippen MR) is 53.7 cm³/mol. The van der Waals surface area contributed by atoms with Crippen LogP contribution in [0.15, 0.2) is 9.98 Å². The van der Waals surface area contributed by atoms with Crippen molar-refractivity contribution in [1.29, 1.82) is 0 Å². The Balaban J connectivity index is 2.74. The Morgan fingerprint density at radius 2 is 2.30 bits per heavy atom.